The molecule has 6 aromatic carbocycles. The first-order valence-corrected chi connectivity index (χ1v) is 12.6. The Morgan fingerprint density at radius 2 is 1.03 bits per heavy atom. The summed E-state index contributed by atoms with van der Waals surface area (Å²) in [6.07, 6.45) is 3.93. The van der Waals surface area contributed by atoms with Crippen LogP contribution in [0.15, 0.2) is 132 Å². The Morgan fingerprint density at radius 3 is 1.89 bits per heavy atom. The maximum Gasteiger partial charge on any atom is 0.136 e. The molecule has 2 heteroatoms. The molecule has 0 spiro atoms. The van der Waals surface area contributed by atoms with Crippen LogP contribution < -0.4 is 0 Å². The summed E-state index contributed by atoms with van der Waals surface area (Å²) < 4.78 is 6.26. The van der Waals surface area contributed by atoms with E-state index in [1.54, 1.807) is 0 Å². The summed E-state index contributed by atoms with van der Waals surface area (Å²) >= 11 is 0. The predicted octanol–water partition coefficient (Wildman–Crippen LogP) is 9.77. The second kappa shape index (κ2) is 7.78. The number of pyridine rings is 1. The van der Waals surface area contributed by atoms with E-state index < -0.39 is 0 Å². The Kier molecular flexibility index (Phi) is 4.26. The van der Waals surface area contributed by atoms with Gasteiger partial charge in [-0.3, -0.25) is 4.98 Å². The van der Waals surface area contributed by atoms with Gasteiger partial charge >= 0.3 is 0 Å². The van der Waals surface area contributed by atoms with Gasteiger partial charge in [0.25, 0.3) is 0 Å². The minimum absolute atomic E-state index is 0.901. The minimum atomic E-state index is 0.901. The van der Waals surface area contributed by atoms with Gasteiger partial charge in [-0.2, -0.15) is 0 Å². The van der Waals surface area contributed by atoms with E-state index in [9.17, 15) is 0 Å². The Balaban J connectivity index is 1.59. The summed E-state index contributed by atoms with van der Waals surface area (Å²) in [6, 6.07) is 40.8. The maximum atomic E-state index is 6.26. The third kappa shape index (κ3) is 2.90. The van der Waals surface area contributed by atoms with Crippen LogP contribution in [0.5, 0.6) is 0 Å². The highest BCUT2D eigenvalue weighted by Gasteiger charge is 2.20. The van der Waals surface area contributed by atoms with Crippen LogP contribution >= 0.6 is 0 Å². The van der Waals surface area contributed by atoms with Gasteiger partial charge in [0.05, 0.1) is 0 Å². The molecule has 0 unspecified atom stereocenters. The molecule has 8 rings (SSSR count). The van der Waals surface area contributed by atoms with Crippen molar-refractivity contribution < 1.29 is 4.42 Å². The van der Waals surface area contributed by atoms with Crippen molar-refractivity contribution in [2.45, 2.75) is 0 Å². The number of aromatic nitrogens is 1. The molecule has 0 N–H and O–H groups in total. The number of hydrogen-bond acceptors (Lipinski definition) is 2. The van der Waals surface area contributed by atoms with Gasteiger partial charge in [0.2, 0.25) is 0 Å². The fourth-order valence-corrected chi connectivity index (χ4v) is 6.03. The highest BCUT2D eigenvalue weighted by molar-refractivity contribution is 6.26. The van der Waals surface area contributed by atoms with Crippen LogP contribution in [0.1, 0.15) is 0 Å². The zero-order valence-corrected chi connectivity index (χ0v) is 20.0. The molecule has 0 radical (unpaired) electrons. The van der Waals surface area contributed by atoms with Crippen LogP contribution in [0.2, 0.25) is 0 Å². The van der Waals surface area contributed by atoms with E-state index in [0.717, 1.165) is 27.3 Å². The number of fused-ring (bicyclic) bond motifs is 6. The van der Waals surface area contributed by atoms with Gasteiger partial charge in [0.1, 0.15) is 11.2 Å². The molecule has 0 aliphatic heterocycles. The third-order valence-electron chi connectivity index (χ3n) is 7.56. The summed E-state index contributed by atoms with van der Waals surface area (Å²) in [7, 11) is 0. The van der Waals surface area contributed by atoms with Crippen LogP contribution in [-0.4, -0.2) is 4.98 Å². The van der Waals surface area contributed by atoms with Gasteiger partial charge < -0.3 is 4.42 Å². The maximum absolute atomic E-state index is 6.26. The molecule has 0 aliphatic carbocycles. The van der Waals surface area contributed by atoms with E-state index in [-0.39, 0.29) is 0 Å². The van der Waals surface area contributed by atoms with Crippen molar-refractivity contribution in [3.05, 3.63) is 128 Å². The molecule has 0 amide bonds. The number of para-hydroxylation sites is 1. The Morgan fingerprint density at radius 1 is 0.432 bits per heavy atom. The molecular weight excluding hydrogens is 450 g/mol. The van der Waals surface area contributed by atoms with E-state index in [0.29, 0.717) is 0 Å². The fraction of sp³-hybridized carbons (Fsp3) is 0. The fourth-order valence-electron chi connectivity index (χ4n) is 6.03. The molecule has 172 valence electrons. The van der Waals surface area contributed by atoms with Gasteiger partial charge in [0, 0.05) is 28.6 Å². The quantitative estimate of drug-likeness (QED) is 0.235. The van der Waals surface area contributed by atoms with E-state index >= 15 is 0 Å². The lowest BCUT2D eigenvalue weighted by molar-refractivity contribution is 0.669. The van der Waals surface area contributed by atoms with Gasteiger partial charge in [-0.15, -0.1) is 0 Å². The van der Waals surface area contributed by atoms with E-state index in [1.807, 2.05) is 24.5 Å². The van der Waals surface area contributed by atoms with Gasteiger partial charge in [-0.1, -0.05) is 97.1 Å². The van der Waals surface area contributed by atoms with Crippen molar-refractivity contribution in [3.63, 3.8) is 0 Å². The normalized spacial score (nSPS) is 11.8. The standard InChI is InChI=1S/C35H21NO/c1-2-11-23-22(9-1)10-7-15-24(23)33-25-12-3-4-13-26(25)34(30-21-36-20-19-27(30)33)29-16-8-18-32-35(29)28-14-5-6-17-31(28)37-32/h1-21H. The lowest BCUT2D eigenvalue weighted by Crippen LogP contribution is -1.92. The largest absolute Gasteiger partial charge is 0.456 e. The van der Waals surface area contributed by atoms with Crippen LogP contribution in [0.4, 0.5) is 0 Å². The molecular formula is C35H21NO. The van der Waals surface area contributed by atoms with E-state index in [1.165, 1.54) is 49.2 Å². The van der Waals surface area contributed by atoms with Crippen LogP contribution in [-0.2, 0) is 0 Å². The number of benzene rings is 6. The van der Waals surface area contributed by atoms with Crippen molar-refractivity contribution in [2.75, 3.05) is 0 Å². The first-order chi connectivity index (χ1) is 18.4. The zero-order valence-electron chi connectivity index (χ0n) is 20.0. The summed E-state index contributed by atoms with van der Waals surface area (Å²) in [4.78, 5) is 4.61. The lowest BCUT2D eigenvalue weighted by atomic mass is 9.84. The smallest absolute Gasteiger partial charge is 0.136 e. The molecule has 0 atom stereocenters. The van der Waals surface area contributed by atoms with Crippen molar-refractivity contribution in [2.24, 2.45) is 0 Å². The number of hydrogen-bond donors (Lipinski definition) is 0. The summed E-state index contributed by atoms with van der Waals surface area (Å²) in [5.74, 6) is 0. The van der Waals surface area contributed by atoms with E-state index in [4.69, 9.17) is 4.42 Å². The molecule has 0 aliphatic rings. The first-order valence-electron chi connectivity index (χ1n) is 12.6. The molecule has 0 saturated carbocycles. The number of furan rings is 1. The average Bonchev–Trinajstić information content (AvgIpc) is 3.35. The van der Waals surface area contributed by atoms with Crippen molar-refractivity contribution in [1.29, 1.82) is 0 Å². The second-order valence-corrected chi connectivity index (χ2v) is 9.52. The van der Waals surface area contributed by atoms with E-state index in [2.05, 4.69) is 108 Å². The molecule has 8 aromatic rings. The SMILES string of the molecule is c1ccc2c(-c3c4ccccc4c(-c4cccc5oc6ccccc6c45)c4cnccc34)cccc2c1. The van der Waals surface area contributed by atoms with Crippen LogP contribution in [0, 0.1) is 0 Å². The summed E-state index contributed by atoms with van der Waals surface area (Å²) in [5.41, 5.74) is 6.66. The number of rotatable bonds is 2. The molecule has 0 saturated heterocycles. The minimum Gasteiger partial charge on any atom is -0.456 e. The first kappa shape index (κ1) is 20.3. The van der Waals surface area contributed by atoms with Gasteiger partial charge in [-0.05, 0) is 67.4 Å². The topological polar surface area (TPSA) is 26.0 Å². The molecule has 2 nitrogen and oxygen atoms in total. The van der Waals surface area contributed by atoms with Crippen molar-refractivity contribution in [1.82, 2.24) is 4.98 Å². The highest BCUT2D eigenvalue weighted by Crippen LogP contribution is 2.47. The highest BCUT2D eigenvalue weighted by atomic mass is 16.3. The number of nitrogens with zero attached hydrogens (tertiary/aromatic N) is 1. The van der Waals surface area contributed by atoms with Crippen LogP contribution in [0.3, 0.4) is 0 Å². The molecule has 2 aromatic heterocycles. The summed E-state index contributed by atoms with van der Waals surface area (Å²) in [5, 5.41) is 9.56. The third-order valence-corrected chi connectivity index (χ3v) is 7.56. The Labute approximate surface area is 213 Å². The monoisotopic (exact) mass is 471 g/mol. The van der Waals surface area contributed by atoms with Gasteiger partial charge in [0.15, 0.2) is 0 Å². The molecule has 0 fully saturated rings. The second-order valence-electron chi connectivity index (χ2n) is 9.52. The Hall–Kier alpha value is -4.95. The average molecular weight is 472 g/mol. The van der Waals surface area contributed by atoms with Crippen molar-refractivity contribution in [3.8, 4) is 22.3 Å². The molecule has 0 bridgehead atoms. The molecule has 2 heterocycles. The van der Waals surface area contributed by atoms with Gasteiger partial charge in [-0.25, -0.2) is 0 Å². The zero-order chi connectivity index (χ0) is 24.3. The Bertz CT molecular complexity index is 2090. The van der Waals surface area contributed by atoms with Crippen molar-refractivity contribution >= 4 is 54.3 Å². The van der Waals surface area contributed by atoms with Crippen LogP contribution in [0.25, 0.3) is 76.5 Å². The summed E-state index contributed by atoms with van der Waals surface area (Å²) in [6.45, 7) is 0. The lowest BCUT2D eigenvalue weighted by Gasteiger charge is -2.19. The molecule has 37 heavy (non-hydrogen) atoms. The predicted molar refractivity (Wildman–Crippen MR) is 155 cm³/mol.